The number of benzene rings is 1. The summed E-state index contributed by atoms with van der Waals surface area (Å²) in [6.07, 6.45) is -3.11. The van der Waals surface area contributed by atoms with E-state index in [2.05, 4.69) is 11.9 Å². The minimum Gasteiger partial charge on any atom is -0.480 e. The standard InChI is InChI=1S/C17H20F3NO4/c1-4-8-25-10-13(14(22)23)21-15(24)16(2,3)11-6-5-7-12(9-11)17(18,19)20/h4-7,9,13H,1,8,10H2,2-3H3,(H,21,24)(H,22,23). The smallest absolute Gasteiger partial charge is 0.416 e. The van der Waals surface area contributed by atoms with Gasteiger partial charge in [-0.2, -0.15) is 13.2 Å². The fourth-order valence-electron chi connectivity index (χ4n) is 2.00. The quantitative estimate of drug-likeness (QED) is 0.553. The van der Waals surface area contributed by atoms with Crippen molar-refractivity contribution in [1.29, 1.82) is 0 Å². The van der Waals surface area contributed by atoms with Crippen LogP contribution in [0.2, 0.25) is 0 Å². The van der Waals surface area contributed by atoms with Crippen LogP contribution in [0.25, 0.3) is 0 Å². The maximum absolute atomic E-state index is 12.8. The second kappa shape index (κ2) is 8.15. The molecule has 0 radical (unpaired) electrons. The van der Waals surface area contributed by atoms with E-state index in [9.17, 15) is 22.8 Å². The van der Waals surface area contributed by atoms with E-state index in [0.717, 1.165) is 12.1 Å². The first-order valence-corrected chi connectivity index (χ1v) is 7.40. The van der Waals surface area contributed by atoms with Gasteiger partial charge in [0.2, 0.25) is 5.91 Å². The lowest BCUT2D eigenvalue weighted by Crippen LogP contribution is -2.50. The van der Waals surface area contributed by atoms with Gasteiger partial charge < -0.3 is 15.2 Å². The lowest BCUT2D eigenvalue weighted by atomic mass is 9.82. The Kier molecular flexibility index (Phi) is 6.75. The molecular weight excluding hydrogens is 339 g/mol. The first kappa shape index (κ1) is 20.7. The number of hydrogen-bond donors (Lipinski definition) is 2. The summed E-state index contributed by atoms with van der Waals surface area (Å²) in [5, 5.41) is 11.4. The topological polar surface area (TPSA) is 75.6 Å². The molecule has 0 spiro atoms. The van der Waals surface area contributed by atoms with Crippen LogP contribution in [0.15, 0.2) is 36.9 Å². The zero-order valence-electron chi connectivity index (χ0n) is 13.9. The van der Waals surface area contributed by atoms with Crippen LogP contribution < -0.4 is 5.32 Å². The van der Waals surface area contributed by atoms with Crippen molar-refractivity contribution in [2.75, 3.05) is 13.2 Å². The average molecular weight is 359 g/mol. The number of alkyl halides is 3. The summed E-state index contributed by atoms with van der Waals surface area (Å²) in [6.45, 7) is 6.08. The van der Waals surface area contributed by atoms with E-state index in [1.54, 1.807) is 0 Å². The van der Waals surface area contributed by atoms with Gasteiger partial charge in [0.1, 0.15) is 0 Å². The monoisotopic (exact) mass is 359 g/mol. The lowest BCUT2D eigenvalue weighted by Gasteiger charge is -2.27. The number of hydrogen-bond acceptors (Lipinski definition) is 3. The summed E-state index contributed by atoms with van der Waals surface area (Å²) in [5.41, 5.74) is -2.13. The highest BCUT2D eigenvalue weighted by atomic mass is 19.4. The highest BCUT2D eigenvalue weighted by Gasteiger charge is 2.36. The number of ether oxygens (including phenoxy) is 1. The molecule has 0 bridgehead atoms. The van der Waals surface area contributed by atoms with Gasteiger partial charge in [-0.15, -0.1) is 6.58 Å². The van der Waals surface area contributed by atoms with Crippen LogP contribution in [0.3, 0.4) is 0 Å². The second-order valence-corrected chi connectivity index (χ2v) is 5.89. The van der Waals surface area contributed by atoms with Gasteiger partial charge >= 0.3 is 12.1 Å². The van der Waals surface area contributed by atoms with Crippen LogP contribution in [0.1, 0.15) is 25.0 Å². The summed E-state index contributed by atoms with van der Waals surface area (Å²) >= 11 is 0. The van der Waals surface area contributed by atoms with E-state index in [-0.39, 0.29) is 18.8 Å². The molecule has 0 aliphatic rings. The number of carbonyl (C=O) groups excluding carboxylic acids is 1. The third-order valence-corrected chi connectivity index (χ3v) is 3.60. The molecular formula is C17H20F3NO4. The fourth-order valence-corrected chi connectivity index (χ4v) is 2.00. The SMILES string of the molecule is C=CCOCC(NC(=O)C(C)(C)c1cccc(C(F)(F)F)c1)C(=O)O. The Morgan fingerprint density at radius 2 is 1.92 bits per heavy atom. The van der Waals surface area contributed by atoms with Crippen molar-refractivity contribution in [3.63, 3.8) is 0 Å². The van der Waals surface area contributed by atoms with Gasteiger partial charge in [0.05, 0.1) is 24.2 Å². The summed E-state index contributed by atoms with van der Waals surface area (Å²) in [5.74, 6) is -2.03. The Bertz CT molecular complexity index is 641. The maximum Gasteiger partial charge on any atom is 0.416 e. The predicted molar refractivity (Wildman–Crippen MR) is 85.1 cm³/mol. The Balaban J connectivity index is 2.98. The molecule has 5 nitrogen and oxygen atoms in total. The zero-order valence-corrected chi connectivity index (χ0v) is 13.9. The molecule has 0 aliphatic carbocycles. The number of aliphatic carboxylic acids is 1. The highest BCUT2D eigenvalue weighted by molar-refractivity contribution is 5.90. The number of nitrogens with one attached hydrogen (secondary N) is 1. The van der Waals surface area contributed by atoms with E-state index in [1.165, 1.54) is 32.1 Å². The molecule has 1 unspecified atom stereocenters. The minimum absolute atomic E-state index is 0.108. The van der Waals surface area contributed by atoms with Crippen LogP contribution in [-0.2, 0) is 25.9 Å². The Hall–Kier alpha value is -2.35. The van der Waals surface area contributed by atoms with Gasteiger partial charge in [-0.3, -0.25) is 4.79 Å². The molecule has 138 valence electrons. The summed E-state index contributed by atoms with van der Waals surface area (Å²) in [4.78, 5) is 23.7. The minimum atomic E-state index is -4.54. The van der Waals surface area contributed by atoms with E-state index in [4.69, 9.17) is 9.84 Å². The van der Waals surface area contributed by atoms with Crippen molar-refractivity contribution in [2.45, 2.75) is 31.5 Å². The van der Waals surface area contributed by atoms with E-state index in [1.807, 2.05) is 0 Å². The Morgan fingerprint density at radius 1 is 1.32 bits per heavy atom. The van der Waals surface area contributed by atoms with Crippen LogP contribution in [0.4, 0.5) is 13.2 Å². The molecule has 0 saturated heterocycles. The van der Waals surface area contributed by atoms with Gasteiger partial charge in [-0.05, 0) is 25.5 Å². The number of carboxylic acids is 1. The van der Waals surface area contributed by atoms with E-state index in [0.29, 0.717) is 0 Å². The molecule has 1 amide bonds. The van der Waals surface area contributed by atoms with Gasteiger partial charge in [0.25, 0.3) is 0 Å². The lowest BCUT2D eigenvalue weighted by molar-refractivity contribution is -0.144. The van der Waals surface area contributed by atoms with Crippen molar-refractivity contribution >= 4 is 11.9 Å². The van der Waals surface area contributed by atoms with Crippen molar-refractivity contribution in [1.82, 2.24) is 5.32 Å². The van der Waals surface area contributed by atoms with Gasteiger partial charge in [0, 0.05) is 0 Å². The number of carboxylic acid groups (broad SMARTS) is 1. The third kappa shape index (κ3) is 5.60. The normalized spacial score (nSPS) is 13.2. The highest BCUT2D eigenvalue weighted by Crippen LogP contribution is 2.32. The molecule has 0 aromatic heterocycles. The Morgan fingerprint density at radius 3 is 2.44 bits per heavy atom. The van der Waals surface area contributed by atoms with E-state index >= 15 is 0 Å². The molecule has 1 aromatic carbocycles. The molecule has 1 aromatic rings. The van der Waals surface area contributed by atoms with Crippen molar-refractivity contribution < 1.29 is 32.6 Å². The maximum atomic E-state index is 12.8. The molecule has 1 rings (SSSR count). The summed E-state index contributed by atoms with van der Waals surface area (Å²) < 4.78 is 43.6. The molecule has 0 fully saturated rings. The third-order valence-electron chi connectivity index (χ3n) is 3.60. The van der Waals surface area contributed by atoms with Crippen LogP contribution in [0.5, 0.6) is 0 Å². The molecule has 2 N–H and O–H groups in total. The molecule has 25 heavy (non-hydrogen) atoms. The first-order chi connectivity index (χ1) is 11.5. The van der Waals surface area contributed by atoms with Crippen LogP contribution >= 0.6 is 0 Å². The van der Waals surface area contributed by atoms with Crippen molar-refractivity contribution in [3.8, 4) is 0 Å². The average Bonchev–Trinajstić information content (AvgIpc) is 2.53. The van der Waals surface area contributed by atoms with Crippen molar-refractivity contribution in [2.24, 2.45) is 0 Å². The van der Waals surface area contributed by atoms with Crippen molar-refractivity contribution in [3.05, 3.63) is 48.0 Å². The molecule has 0 aliphatic heterocycles. The first-order valence-electron chi connectivity index (χ1n) is 7.40. The van der Waals surface area contributed by atoms with Crippen LogP contribution in [0, 0.1) is 0 Å². The molecule has 1 atom stereocenters. The largest absolute Gasteiger partial charge is 0.480 e. The fraction of sp³-hybridized carbons (Fsp3) is 0.412. The molecule has 0 heterocycles. The van der Waals surface area contributed by atoms with E-state index < -0.39 is 35.1 Å². The Labute approximate surface area is 143 Å². The molecule has 0 saturated carbocycles. The van der Waals surface area contributed by atoms with Gasteiger partial charge in [0.15, 0.2) is 6.04 Å². The predicted octanol–water partition coefficient (Wildman–Crippen LogP) is 2.76. The number of amides is 1. The van der Waals surface area contributed by atoms with Gasteiger partial charge in [-0.25, -0.2) is 4.79 Å². The summed E-state index contributed by atoms with van der Waals surface area (Å²) in [6, 6.07) is 3.05. The second-order valence-electron chi connectivity index (χ2n) is 5.89. The number of carbonyl (C=O) groups is 2. The zero-order chi connectivity index (χ0) is 19.3. The molecule has 8 heteroatoms. The number of rotatable bonds is 8. The van der Waals surface area contributed by atoms with Crippen LogP contribution in [-0.4, -0.2) is 36.2 Å². The summed E-state index contributed by atoms with van der Waals surface area (Å²) in [7, 11) is 0. The number of halogens is 3. The van der Waals surface area contributed by atoms with Gasteiger partial charge in [-0.1, -0.05) is 24.3 Å².